The Morgan fingerprint density at radius 1 is 1.27 bits per heavy atom. The fourth-order valence-corrected chi connectivity index (χ4v) is 1.09. The summed E-state index contributed by atoms with van der Waals surface area (Å²) in [6.45, 7) is 3.77. The van der Waals surface area contributed by atoms with Crippen LogP contribution in [0, 0.1) is 5.41 Å². The standard InChI is InChI=1S/C11H16N2O2/c1-2-14-7-8-15-10-5-3-9(4-6-10)11(12)13/h3-6H,2,7-8H2,1H3,(H3,12,13). The first-order chi connectivity index (χ1) is 7.24. The summed E-state index contributed by atoms with van der Waals surface area (Å²) in [4.78, 5) is 0. The van der Waals surface area contributed by atoms with E-state index < -0.39 is 0 Å². The predicted octanol–water partition coefficient (Wildman–Crippen LogP) is 1.39. The Bertz CT molecular complexity index is 309. The molecule has 4 heteroatoms. The third kappa shape index (κ3) is 3.99. The number of amidine groups is 1. The summed E-state index contributed by atoms with van der Waals surface area (Å²) in [7, 11) is 0. The van der Waals surface area contributed by atoms with Crippen LogP contribution in [0.5, 0.6) is 5.75 Å². The minimum atomic E-state index is 0.0656. The lowest BCUT2D eigenvalue weighted by atomic mass is 10.2. The zero-order valence-electron chi connectivity index (χ0n) is 8.82. The Labute approximate surface area is 89.5 Å². The van der Waals surface area contributed by atoms with Crippen LogP contribution >= 0.6 is 0 Å². The number of hydrogen-bond acceptors (Lipinski definition) is 3. The molecule has 0 saturated carbocycles. The smallest absolute Gasteiger partial charge is 0.122 e. The van der Waals surface area contributed by atoms with Gasteiger partial charge in [0.1, 0.15) is 18.2 Å². The first-order valence-corrected chi connectivity index (χ1v) is 4.89. The summed E-state index contributed by atoms with van der Waals surface area (Å²) in [6.07, 6.45) is 0. The molecule has 0 aromatic heterocycles. The molecule has 0 aliphatic carbocycles. The number of benzene rings is 1. The van der Waals surface area contributed by atoms with Crippen molar-refractivity contribution < 1.29 is 9.47 Å². The van der Waals surface area contributed by atoms with Crippen LogP contribution in [0.3, 0.4) is 0 Å². The molecule has 0 aliphatic heterocycles. The molecule has 0 aliphatic rings. The number of rotatable bonds is 6. The van der Waals surface area contributed by atoms with E-state index in [1.807, 2.05) is 6.92 Å². The molecule has 1 rings (SSSR count). The molecule has 0 saturated heterocycles. The van der Waals surface area contributed by atoms with E-state index in [1.54, 1.807) is 24.3 Å². The first kappa shape index (κ1) is 11.5. The van der Waals surface area contributed by atoms with E-state index in [9.17, 15) is 0 Å². The van der Waals surface area contributed by atoms with Gasteiger partial charge in [-0.25, -0.2) is 0 Å². The quantitative estimate of drug-likeness (QED) is 0.421. The van der Waals surface area contributed by atoms with Crippen molar-refractivity contribution in [3.8, 4) is 5.75 Å². The van der Waals surface area contributed by atoms with Crippen molar-refractivity contribution >= 4 is 5.84 Å². The highest BCUT2D eigenvalue weighted by molar-refractivity contribution is 5.94. The molecular weight excluding hydrogens is 192 g/mol. The second-order valence-electron chi connectivity index (χ2n) is 2.98. The summed E-state index contributed by atoms with van der Waals surface area (Å²) >= 11 is 0. The van der Waals surface area contributed by atoms with Gasteiger partial charge < -0.3 is 15.2 Å². The van der Waals surface area contributed by atoms with Crippen LogP contribution < -0.4 is 10.5 Å². The third-order valence-corrected chi connectivity index (χ3v) is 1.87. The molecule has 0 unspecified atom stereocenters. The van der Waals surface area contributed by atoms with Crippen LogP contribution in [0.2, 0.25) is 0 Å². The highest BCUT2D eigenvalue weighted by atomic mass is 16.5. The highest BCUT2D eigenvalue weighted by Gasteiger charge is 1.97. The molecule has 3 N–H and O–H groups in total. The predicted molar refractivity (Wildman–Crippen MR) is 59.4 cm³/mol. The van der Waals surface area contributed by atoms with Crippen molar-refractivity contribution in [3.63, 3.8) is 0 Å². The molecule has 4 nitrogen and oxygen atoms in total. The van der Waals surface area contributed by atoms with Gasteiger partial charge in [-0.3, -0.25) is 5.41 Å². The fourth-order valence-electron chi connectivity index (χ4n) is 1.09. The lowest BCUT2D eigenvalue weighted by molar-refractivity contribution is 0.110. The topological polar surface area (TPSA) is 68.3 Å². The Morgan fingerprint density at radius 2 is 1.93 bits per heavy atom. The molecule has 0 bridgehead atoms. The average molecular weight is 208 g/mol. The molecule has 15 heavy (non-hydrogen) atoms. The molecule has 82 valence electrons. The second kappa shape index (κ2) is 6.03. The van der Waals surface area contributed by atoms with Gasteiger partial charge in [-0.05, 0) is 31.2 Å². The van der Waals surface area contributed by atoms with E-state index in [0.717, 1.165) is 5.75 Å². The van der Waals surface area contributed by atoms with Gasteiger partial charge in [-0.1, -0.05) is 0 Å². The minimum Gasteiger partial charge on any atom is -0.491 e. The Morgan fingerprint density at radius 3 is 2.47 bits per heavy atom. The molecule has 1 aromatic carbocycles. The largest absolute Gasteiger partial charge is 0.491 e. The highest BCUT2D eigenvalue weighted by Crippen LogP contribution is 2.11. The maximum atomic E-state index is 7.22. The Balaban J connectivity index is 2.39. The van der Waals surface area contributed by atoms with Gasteiger partial charge in [-0.15, -0.1) is 0 Å². The SMILES string of the molecule is CCOCCOc1ccc(C(=N)N)cc1. The van der Waals surface area contributed by atoms with Crippen LogP contribution in [0.1, 0.15) is 12.5 Å². The van der Waals surface area contributed by atoms with E-state index in [2.05, 4.69) is 0 Å². The average Bonchev–Trinajstić information content (AvgIpc) is 2.25. The van der Waals surface area contributed by atoms with Crippen LogP contribution in [-0.2, 0) is 4.74 Å². The van der Waals surface area contributed by atoms with Gasteiger partial charge in [-0.2, -0.15) is 0 Å². The number of nitrogen functional groups attached to an aromatic ring is 1. The van der Waals surface area contributed by atoms with Crippen LogP contribution in [0.25, 0.3) is 0 Å². The Kier molecular flexibility index (Phi) is 4.63. The molecule has 0 amide bonds. The summed E-state index contributed by atoms with van der Waals surface area (Å²) in [5, 5.41) is 7.22. The number of hydrogen-bond donors (Lipinski definition) is 2. The molecule has 0 fully saturated rings. The van der Waals surface area contributed by atoms with Crippen molar-refractivity contribution in [1.29, 1.82) is 5.41 Å². The number of nitrogens with one attached hydrogen (secondary N) is 1. The minimum absolute atomic E-state index is 0.0656. The third-order valence-electron chi connectivity index (χ3n) is 1.87. The van der Waals surface area contributed by atoms with Crippen LogP contribution in [0.4, 0.5) is 0 Å². The second-order valence-corrected chi connectivity index (χ2v) is 2.98. The van der Waals surface area contributed by atoms with Gasteiger partial charge in [0.25, 0.3) is 0 Å². The maximum absolute atomic E-state index is 7.22. The molecule has 1 aromatic rings. The van der Waals surface area contributed by atoms with E-state index in [1.165, 1.54) is 0 Å². The van der Waals surface area contributed by atoms with E-state index in [4.69, 9.17) is 20.6 Å². The van der Waals surface area contributed by atoms with Crippen molar-refractivity contribution in [2.45, 2.75) is 6.92 Å². The van der Waals surface area contributed by atoms with E-state index >= 15 is 0 Å². The molecule has 0 heterocycles. The normalized spacial score (nSPS) is 9.93. The number of ether oxygens (including phenoxy) is 2. The molecule has 0 radical (unpaired) electrons. The van der Waals surface area contributed by atoms with Crippen molar-refractivity contribution in [1.82, 2.24) is 0 Å². The lowest BCUT2D eigenvalue weighted by Crippen LogP contribution is -2.11. The van der Waals surface area contributed by atoms with Crippen LogP contribution in [-0.4, -0.2) is 25.7 Å². The number of nitrogens with two attached hydrogens (primary N) is 1. The monoisotopic (exact) mass is 208 g/mol. The van der Waals surface area contributed by atoms with Gasteiger partial charge in [0.2, 0.25) is 0 Å². The molecule has 0 spiro atoms. The van der Waals surface area contributed by atoms with Crippen molar-refractivity contribution in [2.75, 3.05) is 19.8 Å². The van der Waals surface area contributed by atoms with Crippen LogP contribution in [0.15, 0.2) is 24.3 Å². The van der Waals surface area contributed by atoms with Crippen molar-refractivity contribution in [3.05, 3.63) is 29.8 Å². The fraction of sp³-hybridized carbons (Fsp3) is 0.364. The molecular formula is C11H16N2O2. The zero-order valence-corrected chi connectivity index (χ0v) is 8.82. The van der Waals surface area contributed by atoms with E-state index in [-0.39, 0.29) is 5.84 Å². The lowest BCUT2D eigenvalue weighted by Gasteiger charge is -2.06. The maximum Gasteiger partial charge on any atom is 0.122 e. The first-order valence-electron chi connectivity index (χ1n) is 4.89. The van der Waals surface area contributed by atoms with Gasteiger partial charge in [0, 0.05) is 12.2 Å². The van der Waals surface area contributed by atoms with Gasteiger partial charge >= 0.3 is 0 Å². The summed E-state index contributed by atoms with van der Waals surface area (Å²) in [5.74, 6) is 0.829. The molecule has 0 atom stereocenters. The Hall–Kier alpha value is -1.55. The van der Waals surface area contributed by atoms with Gasteiger partial charge in [0.05, 0.1) is 6.61 Å². The summed E-state index contributed by atoms with van der Waals surface area (Å²) < 4.78 is 10.5. The van der Waals surface area contributed by atoms with Crippen molar-refractivity contribution in [2.24, 2.45) is 5.73 Å². The van der Waals surface area contributed by atoms with Gasteiger partial charge in [0.15, 0.2) is 0 Å². The summed E-state index contributed by atoms with van der Waals surface area (Å²) in [6, 6.07) is 7.11. The zero-order chi connectivity index (χ0) is 11.1. The summed E-state index contributed by atoms with van der Waals surface area (Å²) in [5.41, 5.74) is 6.03. The van der Waals surface area contributed by atoms with E-state index in [0.29, 0.717) is 25.4 Å².